The van der Waals surface area contributed by atoms with Crippen LogP contribution in [-0.2, 0) is 6.42 Å². The predicted molar refractivity (Wildman–Crippen MR) is 34.2 cm³/mol. The molecule has 0 atom stereocenters. The van der Waals surface area contributed by atoms with Gasteiger partial charge in [0.25, 0.3) is 0 Å². The van der Waals surface area contributed by atoms with Crippen LogP contribution >= 0.6 is 0 Å². The number of halogens is 2. The average Bonchev–Trinajstić information content (AvgIpc) is 2.57. The molecule has 2 rings (SSSR count). The van der Waals surface area contributed by atoms with Gasteiger partial charge >= 0.3 is 0 Å². The summed E-state index contributed by atoms with van der Waals surface area (Å²) in [6.07, 6.45) is 0.505. The first-order chi connectivity index (χ1) is 4.29. The second-order valence-corrected chi connectivity index (χ2v) is 2.16. The van der Waals surface area contributed by atoms with Crippen LogP contribution < -0.4 is 6.15 Å². The predicted octanol–water partition coefficient (Wildman–Crippen LogP) is 2.03. The quantitative estimate of drug-likeness (QED) is 0.601. The first-order valence-corrected chi connectivity index (χ1v) is 2.75. The topological polar surface area (TPSA) is 35.0 Å². The highest BCUT2D eigenvalue weighted by Crippen LogP contribution is 2.32. The van der Waals surface area contributed by atoms with Crippen molar-refractivity contribution >= 4 is 0 Å². The standard InChI is InChI=1S/C7H4F2.H3N/c8-6-1-2-7(9)5-3-4(5)6;/h1-2H,3H2;1H3. The van der Waals surface area contributed by atoms with E-state index >= 15 is 0 Å². The molecular weight excluding hydrogens is 136 g/mol. The number of fused-ring (bicyclic) bond motifs is 1. The second-order valence-electron chi connectivity index (χ2n) is 2.16. The lowest BCUT2D eigenvalue weighted by molar-refractivity contribution is 0.605. The summed E-state index contributed by atoms with van der Waals surface area (Å²) in [6.45, 7) is 0. The molecule has 0 bridgehead atoms. The van der Waals surface area contributed by atoms with Crippen molar-refractivity contribution in [3.05, 3.63) is 34.9 Å². The molecule has 0 unspecified atom stereocenters. The van der Waals surface area contributed by atoms with Crippen LogP contribution in [-0.4, -0.2) is 0 Å². The minimum Gasteiger partial charge on any atom is -0.344 e. The number of benzene rings is 1. The zero-order valence-electron chi connectivity index (χ0n) is 5.32. The lowest BCUT2D eigenvalue weighted by Gasteiger charge is -1.83. The van der Waals surface area contributed by atoms with Crippen molar-refractivity contribution in [1.29, 1.82) is 0 Å². The van der Waals surface area contributed by atoms with E-state index in [1.54, 1.807) is 0 Å². The molecule has 0 heterocycles. The molecule has 0 aliphatic heterocycles. The van der Waals surface area contributed by atoms with E-state index in [4.69, 9.17) is 0 Å². The van der Waals surface area contributed by atoms with Gasteiger partial charge in [-0.05, 0) is 23.3 Å². The van der Waals surface area contributed by atoms with Gasteiger partial charge in [0.15, 0.2) is 0 Å². The van der Waals surface area contributed by atoms with E-state index in [2.05, 4.69) is 0 Å². The Morgan fingerprint density at radius 2 is 1.40 bits per heavy atom. The Morgan fingerprint density at radius 3 is 1.80 bits per heavy atom. The molecule has 1 aromatic carbocycles. The van der Waals surface area contributed by atoms with E-state index in [9.17, 15) is 8.78 Å². The monoisotopic (exact) mass is 143 g/mol. The van der Waals surface area contributed by atoms with Gasteiger partial charge in [0, 0.05) is 6.42 Å². The van der Waals surface area contributed by atoms with Crippen LogP contribution in [0, 0.1) is 11.6 Å². The van der Waals surface area contributed by atoms with Gasteiger partial charge in [-0.1, -0.05) is 0 Å². The highest BCUT2D eigenvalue weighted by Gasteiger charge is 2.25. The average molecular weight is 143 g/mol. The van der Waals surface area contributed by atoms with Crippen LogP contribution in [0.25, 0.3) is 0 Å². The Bertz CT molecular complexity index is 244. The van der Waals surface area contributed by atoms with Crippen LogP contribution in [0.3, 0.4) is 0 Å². The molecule has 0 saturated carbocycles. The van der Waals surface area contributed by atoms with Gasteiger partial charge in [-0.2, -0.15) is 0 Å². The number of hydrogen-bond donors (Lipinski definition) is 1. The lowest BCUT2D eigenvalue weighted by atomic mass is 10.3. The third kappa shape index (κ3) is 0.789. The first-order valence-electron chi connectivity index (χ1n) is 2.75. The third-order valence-corrected chi connectivity index (χ3v) is 1.55. The fraction of sp³-hybridized carbons (Fsp3) is 0.143. The molecule has 0 fully saturated rings. The third-order valence-electron chi connectivity index (χ3n) is 1.55. The Labute approximate surface area is 57.3 Å². The van der Waals surface area contributed by atoms with Crippen molar-refractivity contribution in [2.75, 3.05) is 0 Å². The number of hydrogen-bond acceptors (Lipinski definition) is 1. The Kier molecular flexibility index (Phi) is 1.45. The summed E-state index contributed by atoms with van der Waals surface area (Å²) in [4.78, 5) is 0. The lowest BCUT2D eigenvalue weighted by Crippen LogP contribution is -1.73. The largest absolute Gasteiger partial charge is 0.344 e. The maximum absolute atomic E-state index is 12.4. The molecule has 0 spiro atoms. The number of rotatable bonds is 0. The van der Waals surface area contributed by atoms with Crippen molar-refractivity contribution in [3.63, 3.8) is 0 Å². The summed E-state index contributed by atoms with van der Waals surface area (Å²) in [5, 5.41) is 0. The summed E-state index contributed by atoms with van der Waals surface area (Å²) >= 11 is 0. The molecule has 54 valence electrons. The highest BCUT2D eigenvalue weighted by molar-refractivity contribution is 5.46. The maximum atomic E-state index is 12.4. The van der Waals surface area contributed by atoms with Gasteiger partial charge in [0.2, 0.25) is 0 Å². The van der Waals surface area contributed by atoms with Gasteiger partial charge in [0.05, 0.1) is 0 Å². The molecule has 3 N–H and O–H groups in total. The van der Waals surface area contributed by atoms with E-state index in [0.29, 0.717) is 17.5 Å². The molecule has 0 amide bonds. The normalized spacial score (nSPS) is 11.8. The fourth-order valence-corrected chi connectivity index (χ4v) is 0.937. The minimum atomic E-state index is -0.272. The minimum absolute atomic E-state index is 0. The van der Waals surface area contributed by atoms with Gasteiger partial charge in [0.1, 0.15) is 11.6 Å². The molecule has 0 radical (unpaired) electrons. The first kappa shape index (κ1) is 7.15. The zero-order valence-corrected chi connectivity index (χ0v) is 5.32. The van der Waals surface area contributed by atoms with Crippen molar-refractivity contribution in [3.8, 4) is 0 Å². The van der Waals surface area contributed by atoms with Crippen molar-refractivity contribution < 1.29 is 8.78 Å². The van der Waals surface area contributed by atoms with Crippen LogP contribution in [0.5, 0.6) is 0 Å². The summed E-state index contributed by atoms with van der Waals surface area (Å²) in [5.74, 6) is -0.544. The molecule has 0 saturated heterocycles. The molecular formula is C7H7F2N. The Morgan fingerprint density at radius 1 is 1.00 bits per heavy atom. The molecule has 1 aliphatic rings. The van der Waals surface area contributed by atoms with E-state index in [1.165, 1.54) is 12.1 Å². The van der Waals surface area contributed by atoms with Gasteiger partial charge in [-0.25, -0.2) is 8.78 Å². The molecule has 1 aliphatic carbocycles. The molecule has 3 heteroatoms. The summed E-state index contributed by atoms with van der Waals surface area (Å²) in [6, 6.07) is 2.34. The maximum Gasteiger partial charge on any atom is 0.127 e. The van der Waals surface area contributed by atoms with E-state index < -0.39 is 0 Å². The molecule has 1 aromatic rings. The molecule has 0 aromatic heterocycles. The van der Waals surface area contributed by atoms with Crippen LogP contribution in [0.1, 0.15) is 11.1 Å². The summed E-state index contributed by atoms with van der Waals surface area (Å²) < 4.78 is 24.8. The summed E-state index contributed by atoms with van der Waals surface area (Å²) in [5.41, 5.74) is 1.10. The van der Waals surface area contributed by atoms with Crippen LogP contribution in [0.4, 0.5) is 8.78 Å². The van der Waals surface area contributed by atoms with E-state index in [1.807, 2.05) is 0 Å². The van der Waals surface area contributed by atoms with Crippen molar-refractivity contribution in [1.82, 2.24) is 6.15 Å². The van der Waals surface area contributed by atoms with Gasteiger partial charge in [-0.15, -0.1) is 0 Å². The zero-order chi connectivity index (χ0) is 6.43. The van der Waals surface area contributed by atoms with Crippen LogP contribution in [0.15, 0.2) is 12.1 Å². The van der Waals surface area contributed by atoms with Crippen LogP contribution in [0.2, 0.25) is 0 Å². The fourth-order valence-electron chi connectivity index (χ4n) is 0.937. The van der Waals surface area contributed by atoms with Gasteiger partial charge < -0.3 is 6.15 Å². The SMILES string of the molecule is Fc1ccc(F)c2c1C2.N. The highest BCUT2D eigenvalue weighted by atomic mass is 19.1. The van der Waals surface area contributed by atoms with Crippen molar-refractivity contribution in [2.45, 2.75) is 6.42 Å². The Balaban J connectivity index is 0.000000500. The Hall–Kier alpha value is -0.960. The molecule has 1 nitrogen and oxygen atoms in total. The van der Waals surface area contributed by atoms with E-state index in [-0.39, 0.29) is 17.8 Å². The smallest absolute Gasteiger partial charge is 0.127 e. The second kappa shape index (κ2) is 2.02. The van der Waals surface area contributed by atoms with E-state index in [0.717, 1.165) is 0 Å². The van der Waals surface area contributed by atoms with Gasteiger partial charge in [-0.3, -0.25) is 0 Å². The molecule has 10 heavy (non-hydrogen) atoms. The summed E-state index contributed by atoms with van der Waals surface area (Å²) in [7, 11) is 0. The van der Waals surface area contributed by atoms with Crippen molar-refractivity contribution in [2.24, 2.45) is 0 Å².